The molecule has 0 unspecified atom stereocenters. The van der Waals surface area contributed by atoms with Gasteiger partial charge in [0.1, 0.15) is 0 Å². The maximum Gasteiger partial charge on any atom is 0.0697 e. The summed E-state index contributed by atoms with van der Waals surface area (Å²) in [5.41, 5.74) is 5.55. The van der Waals surface area contributed by atoms with E-state index in [0.717, 1.165) is 51.6 Å². The molecular weight excluding hydrogens is 409 g/mol. The summed E-state index contributed by atoms with van der Waals surface area (Å²) >= 11 is 14.1. The molecule has 0 spiro atoms. The van der Waals surface area contributed by atoms with Crippen LogP contribution in [0.5, 0.6) is 0 Å². The van der Waals surface area contributed by atoms with Gasteiger partial charge in [-0.1, -0.05) is 48.5 Å². The summed E-state index contributed by atoms with van der Waals surface area (Å²) in [6.07, 6.45) is 9.02. The first-order valence-electron chi connectivity index (χ1n) is 11.7. The lowest BCUT2D eigenvalue weighted by molar-refractivity contribution is 0.210. The van der Waals surface area contributed by atoms with Gasteiger partial charge in [-0.3, -0.25) is 4.90 Å². The molecule has 30 heavy (non-hydrogen) atoms. The summed E-state index contributed by atoms with van der Waals surface area (Å²) in [5.74, 6) is 0. The Labute approximate surface area is 192 Å². The minimum Gasteiger partial charge on any atom is -0.297 e. The summed E-state index contributed by atoms with van der Waals surface area (Å²) in [6, 6.07) is 18.1. The third-order valence-corrected chi connectivity index (χ3v) is 8.43. The average molecular weight is 444 g/mol. The molecule has 4 rings (SSSR count). The van der Waals surface area contributed by atoms with Crippen LogP contribution in [0.1, 0.15) is 81.0 Å². The number of hydrogen-bond donors (Lipinski definition) is 0. The molecule has 2 fully saturated rings. The fraction of sp³-hybridized carbons (Fsp3) is 0.556. The van der Waals surface area contributed by atoms with Crippen LogP contribution in [-0.2, 0) is 22.7 Å². The summed E-state index contributed by atoms with van der Waals surface area (Å²) in [4.78, 5) is 2.26. The lowest BCUT2D eigenvalue weighted by Crippen LogP contribution is -2.34. The molecule has 2 aromatic rings. The minimum absolute atomic E-state index is 0.163. The second-order valence-electron chi connectivity index (χ2n) is 9.62. The van der Waals surface area contributed by atoms with Gasteiger partial charge in [0.25, 0.3) is 0 Å². The van der Waals surface area contributed by atoms with Crippen LogP contribution >= 0.6 is 23.2 Å². The highest BCUT2D eigenvalue weighted by molar-refractivity contribution is 6.25. The van der Waals surface area contributed by atoms with E-state index in [1.807, 2.05) is 0 Å². The Morgan fingerprint density at radius 3 is 1.87 bits per heavy atom. The molecule has 0 amide bonds. The first-order valence-corrected chi connectivity index (χ1v) is 12.5. The Kier molecular flexibility index (Phi) is 6.82. The van der Waals surface area contributed by atoms with E-state index in [4.69, 9.17) is 23.2 Å². The van der Waals surface area contributed by atoms with Gasteiger partial charge in [-0.2, -0.15) is 0 Å². The largest absolute Gasteiger partial charge is 0.297 e. The van der Waals surface area contributed by atoms with E-state index in [9.17, 15) is 0 Å². The molecule has 2 aromatic carbocycles. The topological polar surface area (TPSA) is 3.24 Å². The van der Waals surface area contributed by atoms with Gasteiger partial charge < -0.3 is 0 Å². The monoisotopic (exact) mass is 443 g/mol. The Morgan fingerprint density at radius 1 is 0.833 bits per heavy atom. The van der Waals surface area contributed by atoms with E-state index < -0.39 is 0 Å². The predicted molar refractivity (Wildman–Crippen MR) is 130 cm³/mol. The van der Waals surface area contributed by atoms with Crippen molar-refractivity contribution in [2.45, 2.75) is 87.5 Å². The predicted octanol–water partition coefficient (Wildman–Crippen LogP) is 7.77. The van der Waals surface area contributed by atoms with Crippen LogP contribution in [0.15, 0.2) is 48.5 Å². The summed E-state index contributed by atoms with van der Waals surface area (Å²) in [5, 5.41) is 0. The van der Waals surface area contributed by atoms with Crippen LogP contribution < -0.4 is 0 Å². The fourth-order valence-electron chi connectivity index (χ4n) is 5.01. The number of hydrogen-bond acceptors (Lipinski definition) is 1. The van der Waals surface area contributed by atoms with Crippen molar-refractivity contribution in [2.75, 3.05) is 6.54 Å². The van der Waals surface area contributed by atoms with Gasteiger partial charge in [0.15, 0.2) is 0 Å². The Bertz CT molecular complexity index is 799. The van der Waals surface area contributed by atoms with Gasteiger partial charge in [-0.05, 0) is 94.0 Å². The fourth-order valence-corrected chi connectivity index (χ4v) is 5.89. The van der Waals surface area contributed by atoms with Crippen molar-refractivity contribution in [1.82, 2.24) is 4.90 Å². The summed E-state index contributed by atoms with van der Waals surface area (Å²) in [7, 11) is 0. The van der Waals surface area contributed by atoms with Crippen molar-refractivity contribution < 1.29 is 0 Å². The first kappa shape index (κ1) is 22.2. The van der Waals surface area contributed by atoms with E-state index >= 15 is 0 Å². The highest BCUT2D eigenvalue weighted by Crippen LogP contribution is 2.53. The number of nitrogens with zero attached hydrogens (tertiary/aromatic N) is 1. The molecule has 2 aliphatic carbocycles. The van der Waals surface area contributed by atoms with Crippen molar-refractivity contribution in [3.05, 3.63) is 70.8 Å². The molecule has 1 nitrogen and oxygen atoms in total. The highest BCUT2D eigenvalue weighted by Gasteiger charge is 2.42. The van der Waals surface area contributed by atoms with Gasteiger partial charge in [-0.15, -0.1) is 23.2 Å². The summed E-state index contributed by atoms with van der Waals surface area (Å²) < 4.78 is 0. The van der Waals surface area contributed by atoms with E-state index in [2.05, 4.69) is 67.3 Å². The third kappa shape index (κ3) is 4.59. The molecule has 0 aliphatic heterocycles. The molecule has 2 saturated carbocycles. The van der Waals surface area contributed by atoms with E-state index in [-0.39, 0.29) is 9.75 Å². The number of rotatable bonds is 9. The number of alkyl halides is 2. The molecule has 162 valence electrons. The van der Waals surface area contributed by atoms with E-state index in [1.165, 1.54) is 35.1 Å². The molecule has 0 N–H and O–H groups in total. The highest BCUT2D eigenvalue weighted by atomic mass is 35.5. The maximum absolute atomic E-state index is 7.07. The van der Waals surface area contributed by atoms with Crippen LogP contribution in [0.3, 0.4) is 0 Å². The lowest BCUT2D eigenvalue weighted by Gasteiger charge is -2.42. The van der Waals surface area contributed by atoms with Crippen LogP contribution in [0.4, 0.5) is 0 Å². The molecule has 0 radical (unpaired) electrons. The van der Waals surface area contributed by atoms with Crippen LogP contribution in [-0.4, -0.2) is 17.5 Å². The summed E-state index contributed by atoms with van der Waals surface area (Å²) in [6.45, 7) is 6.69. The molecule has 0 heterocycles. The second kappa shape index (κ2) is 9.23. The van der Waals surface area contributed by atoms with E-state index in [0.29, 0.717) is 6.04 Å². The smallest absolute Gasteiger partial charge is 0.0697 e. The lowest BCUT2D eigenvalue weighted by atomic mass is 9.71. The molecule has 0 saturated heterocycles. The Morgan fingerprint density at radius 2 is 1.40 bits per heavy atom. The molecule has 0 bridgehead atoms. The third-order valence-electron chi connectivity index (χ3n) is 7.26. The normalized spacial score (nSPS) is 19.5. The standard InChI is InChI=1S/C27H35Cl2N/c1-21(2)30(20-22-10-4-3-5-11-22)19-7-12-23-24(26(28)15-8-16-26)13-6-14-25(23)27(29)17-9-18-27/h3-6,10-11,13-14,21H,7-9,12,15-20H2,1-2H3. The molecule has 0 atom stereocenters. The van der Waals surface area contributed by atoms with E-state index in [1.54, 1.807) is 0 Å². The van der Waals surface area contributed by atoms with Crippen molar-refractivity contribution in [2.24, 2.45) is 0 Å². The zero-order chi connectivity index (χ0) is 21.2. The minimum atomic E-state index is -0.163. The molecular formula is C27H35Cl2N. The van der Waals surface area contributed by atoms with Crippen molar-refractivity contribution in [3.63, 3.8) is 0 Å². The van der Waals surface area contributed by atoms with Crippen LogP contribution in [0.25, 0.3) is 0 Å². The molecule has 3 heteroatoms. The van der Waals surface area contributed by atoms with Gasteiger partial charge >= 0.3 is 0 Å². The maximum atomic E-state index is 7.07. The van der Waals surface area contributed by atoms with Crippen molar-refractivity contribution >= 4 is 23.2 Å². The number of halogens is 2. The zero-order valence-electron chi connectivity index (χ0n) is 18.5. The second-order valence-corrected chi connectivity index (χ2v) is 11.1. The van der Waals surface area contributed by atoms with Gasteiger partial charge in [-0.25, -0.2) is 0 Å². The first-order chi connectivity index (χ1) is 14.4. The molecule has 0 aromatic heterocycles. The van der Waals surface area contributed by atoms with Gasteiger partial charge in [0, 0.05) is 12.6 Å². The quantitative estimate of drug-likeness (QED) is 0.357. The molecule has 2 aliphatic rings. The zero-order valence-corrected chi connectivity index (χ0v) is 20.0. The van der Waals surface area contributed by atoms with Crippen molar-refractivity contribution in [3.8, 4) is 0 Å². The Hall–Kier alpha value is -1.02. The average Bonchev–Trinajstić information content (AvgIpc) is 2.70. The van der Waals surface area contributed by atoms with Crippen molar-refractivity contribution in [1.29, 1.82) is 0 Å². The van der Waals surface area contributed by atoms with Crippen LogP contribution in [0, 0.1) is 0 Å². The Balaban J connectivity index is 1.51. The SMILES string of the molecule is CC(C)N(CCCc1c(C2(Cl)CCC2)cccc1C1(Cl)CCC1)Cc1ccccc1. The number of benzene rings is 2. The van der Waals surface area contributed by atoms with Crippen LogP contribution in [0.2, 0.25) is 0 Å². The van der Waals surface area contributed by atoms with Gasteiger partial charge in [0.2, 0.25) is 0 Å². The van der Waals surface area contributed by atoms with Gasteiger partial charge in [0.05, 0.1) is 9.75 Å².